The molecule has 19 nitrogen and oxygen atoms in total. The molecule has 4 atom stereocenters. The van der Waals surface area contributed by atoms with Crippen LogP contribution in [-0.2, 0) is 75.0 Å². The molecule has 0 fully saturated rings. The number of carbonyl (C=O) groups is 8. The fourth-order valence-corrected chi connectivity index (χ4v) is 4.15. The van der Waals surface area contributed by atoms with Crippen LogP contribution in [0, 0.1) is 0 Å². The van der Waals surface area contributed by atoms with E-state index in [1.54, 1.807) is 79.7 Å². The van der Waals surface area contributed by atoms with Gasteiger partial charge in [-0.15, -0.1) is 12.4 Å². The Balaban J connectivity index is -0.000000265. The van der Waals surface area contributed by atoms with Crippen LogP contribution in [0.4, 0.5) is 9.59 Å². The normalized spacial score (nSPS) is 11.7. The Hall–Kier alpha value is -4.15. The average molecular weight is 1010 g/mol. The number of esters is 2. The van der Waals surface area contributed by atoms with Crippen molar-refractivity contribution < 1.29 is 101 Å². The van der Waals surface area contributed by atoms with Crippen molar-refractivity contribution in [3.05, 3.63) is 69.7 Å². The number of hydrogen-bond acceptors (Lipinski definition) is 17. The number of aldehydes is 1. The Morgan fingerprint density at radius 3 is 1.33 bits per heavy atom. The summed E-state index contributed by atoms with van der Waals surface area (Å²) in [4.78, 5) is 93.1. The van der Waals surface area contributed by atoms with Gasteiger partial charge in [0.15, 0.2) is 0 Å². The molecule has 66 heavy (non-hydrogen) atoms. The Morgan fingerprint density at radius 2 is 1.05 bits per heavy atom. The summed E-state index contributed by atoms with van der Waals surface area (Å²) in [5.74, 6) is -2.48. The van der Waals surface area contributed by atoms with Crippen molar-refractivity contribution in [2.75, 3.05) is 20.8 Å². The van der Waals surface area contributed by atoms with Crippen LogP contribution in [-0.4, -0.2) is 113 Å². The molecule has 0 aliphatic carbocycles. The summed E-state index contributed by atoms with van der Waals surface area (Å²) in [7, 11) is 6.97. The summed E-state index contributed by atoms with van der Waals surface area (Å²) in [6, 6.07) is 12.7. The van der Waals surface area contributed by atoms with Crippen LogP contribution in [0.5, 0.6) is 0 Å². The minimum Gasteiger partial charge on any atom is -0.793 e. The van der Waals surface area contributed by atoms with Crippen molar-refractivity contribution in [2.45, 2.75) is 124 Å². The second kappa shape index (κ2) is 38.9. The van der Waals surface area contributed by atoms with E-state index in [4.69, 9.17) is 43.1 Å². The first-order chi connectivity index (χ1) is 29.5. The number of rotatable bonds is 12. The van der Waals surface area contributed by atoms with E-state index in [-0.39, 0.29) is 59.9 Å². The van der Waals surface area contributed by atoms with Crippen molar-refractivity contribution in [1.82, 2.24) is 16.0 Å². The summed E-state index contributed by atoms with van der Waals surface area (Å²) in [6.07, 6.45) is 0.563. The van der Waals surface area contributed by atoms with Crippen molar-refractivity contribution in [3.8, 4) is 0 Å². The summed E-state index contributed by atoms with van der Waals surface area (Å²) in [5.41, 5.74) is 5.83. The third-order valence-electron chi connectivity index (χ3n) is 6.59. The molecule has 0 aliphatic heterocycles. The van der Waals surface area contributed by atoms with Gasteiger partial charge in [0.25, 0.3) is 0 Å². The number of ether oxygens (including phenoxy) is 4. The number of carbonyl (C=O) groups excluding carboxylic acids is 8. The zero-order chi connectivity index (χ0) is 50.2. The van der Waals surface area contributed by atoms with Crippen molar-refractivity contribution >= 4 is 92.0 Å². The molecule has 0 spiro atoms. The predicted molar refractivity (Wildman–Crippen MR) is 246 cm³/mol. The molecule has 2 aromatic carbocycles. The molecule has 0 bridgehead atoms. The van der Waals surface area contributed by atoms with Gasteiger partial charge in [0.05, 0.1) is 20.3 Å². The summed E-state index contributed by atoms with van der Waals surface area (Å²) < 4.78 is 23.0. The van der Waals surface area contributed by atoms with Crippen LogP contribution < -0.4 is 51.2 Å². The number of nitrogens with two attached hydrogens (primary N) is 1. The number of methoxy groups -OCH3 is 2. The van der Waals surface area contributed by atoms with Gasteiger partial charge in [-0.2, -0.15) is 0 Å². The summed E-state index contributed by atoms with van der Waals surface area (Å²) in [5, 5.41) is 9.71. The molecular formula is C42H64BCl3N4NaO15. The molecular weight excluding hydrogens is 941 g/mol. The van der Waals surface area contributed by atoms with Crippen LogP contribution in [0.15, 0.2) is 48.5 Å². The molecule has 0 aromatic heterocycles. The van der Waals surface area contributed by atoms with E-state index in [2.05, 4.69) is 43.2 Å². The summed E-state index contributed by atoms with van der Waals surface area (Å²) in [6.45, 7) is 17.9. The average Bonchev–Trinajstić information content (AvgIpc) is 3.19. The quantitative estimate of drug-likeness (QED) is 0.0595. The molecule has 0 aliphatic rings. The molecule has 2 rings (SSSR count). The molecule has 0 saturated carbocycles. The van der Waals surface area contributed by atoms with Crippen molar-refractivity contribution in [3.63, 3.8) is 0 Å². The maximum atomic E-state index is 12.1. The van der Waals surface area contributed by atoms with E-state index in [0.29, 0.717) is 35.7 Å². The topological polar surface area (TPSA) is 263 Å². The largest absolute Gasteiger partial charge is 1.00 e. The smallest absolute Gasteiger partial charge is 0.793 e. The third kappa shape index (κ3) is 45.0. The van der Waals surface area contributed by atoms with Gasteiger partial charge in [0.1, 0.15) is 29.6 Å². The van der Waals surface area contributed by atoms with Crippen LogP contribution in [0.1, 0.15) is 87.3 Å². The molecule has 24 heteroatoms. The first-order valence-corrected chi connectivity index (χ1v) is 20.0. The van der Waals surface area contributed by atoms with Gasteiger partial charge in [-0.25, -0.2) is 29.0 Å². The van der Waals surface area contributed by atoms with Gasteiger partial charge in [0, 0.05) is 43.4 Å². The maximum absolute atomic E-state index is 12.1. The van der Waals surface area contributed by atoms with Crippen LogP contribution in [0.3, 0.4) is 0 Å². The second-order valence-corrected chi connectivity index (χ2v) is 16.0. The molecule has 0 unspecified atom stereocenters. The standard InChI is InChI=1S/C18H27ClN2O4.C14H18ClNO3.C4H9NO2.C4H6O4.C2H3BO2.ClH.Na/c1-12(16(22)24-5)20-11-15(21-17(23)25-18(2,3)4)10-13-6-8-14(19)9-7-13;1-14(2,3)19-13(18)16-12(9-17)8-10-4-6-11(15)7-5-10;1-3(5)4(6)7-2;1-3(5)7-8-4(2)6;1-2(4)5-3;;/h6-9,12,15,20H,10-11H2,1-5H3,(H,21,23);4-7,9,12H,8H2,1-3H3,(H,16,18);3H,5H2,1-2H3;1-2H3;1H3;1H;/q;;;;-1;;+1/t12-,15-;12-;3-;;;;/m000..../s1. The first kappa shape index (κ1) is 70.9. The third-order valence-corrected chi connectivity index (χ3v) is 7.10. The number of nitrogens with one attached hydrogen (secondary N) is 3. The Labute approximate surface area is 427 Å². The minimum absolute atomic E-state index is 0. The fourth-order valence-electron chi connectivity index (χ4n) is 3.90. The zero-order valence-corrected chi connectivity index (χ0v) is 44.4. The van der Waals surface area contributed by atoms with Crippen LogP contribution in [0.25, 0.3) is 0 Å². The number of alkyl carbamates (subject to hydrolysis) is 2. The predicted octanol–water partition coefficient (Wildman–Crippen LogP) is 2.49. The summed E-state index contributed by atoms with van der Waals surface area (Å²) >= 11 is 11.7. The van der Waals surface area contributed by atoms with Gasteiger partial charge in [0.2, 0.25) is 5.97 Å². The fraction of sp³-hybridized carbons (Fsp3) is 0.524. The van der Waals surface area contributed by atoms with Gasteiger partial charge in [-0.05, 0) is 104 Å². The van der Waals surface area contributed by atoms with Gasteiger partial charge >= 0.3 is 65.6 Å². The number of hydrogen-bond donors (Lipinski definition) is 4. The molecule has 3 radical (unpaired) electrons. The zero-order valence-electron chi connectivity index (χ0n) is 40.1. The number of amides is 2. The molecule has 2 aromatic rings. The van der Waals surface area contributed by atoms with Crippen molar-refractivity contribution in [1.29, 1.82) is 0 Å². The maximum Gasteiger partial charge on any atom is 1.00 e. The molecule has 2 amide bonds. The second-order valence-electron chi connectivity index (χ2n) is 15.1. The van der Waals surface area contributed by atoms with Crippen LogP contribution >= 0.6 is 35.6 Å². The Bertz CT molecular complexity index is 1720. The molecule has 5 N–H and O–H groups in total. The van der Waals surface area contributed by atoms with E-state index in [1.165, 1.54) is 21.1 Å². The van der Waals surface area contributed by atoms with Gasteiger partial charge in [-0.1, -0.05) is 47.5 Å². The molecule has 0 saturated heterocycles. The van der Waals surface area contributed by atoms with Gasteiger partial charge < -0.3 is 58.1 Å². The van der Waals surface area contributed by atoms with E-state index >= 15 is 0 Å². The van der Waals surface area contributed by atoms with E-state index < -0.39 is 59.4 Å². The van der Waals surface area contributed by atoms with Crippen molar-refractivity contribution in [2.24, 2.45) is 5.73 Å². The van der Waals surface area contributed by atoms with E-state index in [1.807, 2.05) is 24.3 Å². The number of benzene rings is 2. The molecule has 367 valence electrons. The Kier molecular flexibility index (Phi) is 41.8. The van der Waals surface area contributed by atoms with E-state index in [0.717, 1.165) is 25.0 Å². The molecule has 0 heterocycles. The SMILES string of the molecule is CC(=O)OOC(C)=O.CC(C)(C)OC(=O)N[C@H](C=O)Cc1ccc(Cl)cc1.COC(=O)[C@H](C)N.COC(=O)[C@H](C)NC[C@H](Cc1ccc(Cl)cc1)NC(=O)OC(C)(C)C.Cl.[B-]OC(C)=O.[Na+]. The first-order valence-electron chi connectivity index (χ1n) is 19.3. The van der Waals surface area contributed by atoms with Gasteiger partial charge in [-0.3, -0.25) is 14.4 Å². The minimum atomic E-state index is -0.639. The van der Waals surface area contributed by atoms with Crippen LogP contribution in [0.2, 0.25) is 10.0 Å². The Morgan fingerprint density at radius 1 is 0.682 bits per heavy atom. The van der Waals surface area contributed by atoms with E-state index in [9.17, 15) is 38.4 Å². The number of halogens is 3. The monoisotopic (exact) mass is 1000 g/mol.